The van der Waals surface area contributed by atoms with Crippen LogP contribution < -0.4 is 10.5 Å². The fraction of sp³-hybridized carbons (Fsp3) is 0.0769. The number of anilines is 2. The average Bonchev–Trinajstić information content (AvgIpc) is 2.32. The lowest BCUT2D eigenvalue weighted by molar-refractivity contribution is 0.598. The molecule has 0 spiro atoms. The Morgan fingerprint density at radius 3 is 2.48 bits per heavy atom. The number of hydrogen-bond donors (Lipinski definition) is 2. The van der Waals surface area contributed by atoms with Gasteiger partial charge in [-0.3, -0.25) is 4.72 Å². The fourth-order valence-corrected chi connectivity index (χ4v) is 3.94. The first-order valence-corrected chi connectivity index (χ1v) is 7.99. The first kappa shape index (κ1) is 15.9. The largest absolute Gasteiger partial charge is 0.398 e. The quantitative estimate of drug-likeness (QED) is 0.828. The number of aryl methyl sites for hydroxylation is 1. The van der Waals surface area contributed by atoms with Crippen molar-refractivity contribution in [2.75, 3.05) is 10.5 Å². The van der Waals surface area contributed by atoms with Crippen molar-refractivity contribution in [3.05, 3.63) is 51.8 Å². The first-order chi connectivity index (χ1) is 9.72. The van der Waals surface area contributed by atoms with Crippen LogP contribution in [-0.4, -0.2) is 8.42 Å². The van der Waals surface area contributed by atoms with E-state index in [9.17, 15) is 12.8 Å². The number of halogens is 3. The Balaban J connectivity index is 2.54. The third kappa shape index (κ3) is 3.23. The van der Waals surface area contributed by atoms with Crippen LogP contribution in [0.5, 0.6) is 0 Å². The third-order valence-corrected chi connectivity index (χ3v) is 4.86. The van der Waals surface area contributed by atoms with Crippen molar-refractivity contribution in [3.63, 3.8) is 0 Å². The van der Waals surface area contributed by atoms with Gasteiger partial charge in [0.2, 0.25) is 0 Å². The molecule has 4 nitrogen and oxygen atoms in total. The van der Waals surface area contributed by atoms with E-state index in [2.05, 4.69) is 4.72 Å². The van der Waals surface area contributed by atoms with Gasteiger partial charge in [0.15, 0.2) is 0 Å². The summed E-state index contributed by atoms with van der Waals surface area (Å²) < 4.78 is 40.7. The van der Waals surface area contributed by atoms with E-state index >= 15 is 0 Å². The summed E-state index contributed by atoms with van der Waals surface area (Å²) in [7, 11) is -4.14. The van der Waals surface area contributed by atoms with E-state index in [1.54, 1.807) is 13.0 Å². The van der Waals surface area contributed by atoms with Crippen LogP contribution in [0.4, 0.5) is 15.8 Å². The predicted molar refractivity (Wildman–Crippen MR) is 82.8 cm³/mol. The number of para-hydroxylation sites is 1. The SMILES string of the molecule is Cc1cccc(F)c1NS(=O)(=O)c1c(N)cc(Cl)cc1Cl. The Labute approximate surface area is 131 Å². The molecule has 112 valence electrons. The molecule has 0 saturated heterocycles. The Bertz CT molecular complexity index is 767. The highest BCUT2D eigenvalue weighted by molar-refractivity contribution is 7.93. The molecule has 0 bridgehead atoms. The number of nitrogens with one attached hydrogen (secondary N) is 1. The molecule has 0 atom stereocenters. The minimum atomic E-state index is -4.14. The van der Waals surface area contributed by atoms with Crippen molar-refractivity contribution in [1.82, 2.24) is 0 Å². The van der Waals surface area contributed by atoms with Crippen LogP contribution in [0.2, 0.25) is 10.0 Å². The zero-order valence-corrected chi connectivity index (χ0v) is 13.2. The molecule has 0 saturated carbocycles. The standard InChI is InChI=1S/C13H11Cl2FN2O2S/c1-7-3-2-4-10(16)12(7)18-21(19,20)13-9(15)5-8(14)6-11(13)17/h2-6,18H,17H2,1H3. The van der Waals surface area contributed by atoms with Gasteiger partial charge in [0.1, 0.15) is 10.7 Å². The van der Waals surface area contributed by atoms with E-state index in [0.717, 1.165) is 6.07 Å². The van der Waals surface area contributed by atoms with E-state index in [-0.39, 0.29) is 26.3 Å². The van der Waals surface area contributed by atoms with Gasteiger partial charge < -0.3 is 5.73 Å². The molecule has 0 radical (unpaired) electrons. The Hall–Kier alpha value is -1.50. The Morgan fingerprint density at radius 1 is 1.24 bits per heavy atom. The van der Waals surface area contributed by atoms with Crippen LogP contribution in [0.25, 0.3) is 0 Å². The van der Waals surface area contributed by atoms with Gasteiger partial charge in [0.05, 0.1) is 16.4 Å². The normalized spacial score (nSPS) is 11.4. The molecule has 0 heterocycles. The summed E-state index contributed by atoms with van der Waals surface area (Å²) in [5.74, 6) is -0.692. The van der Waals surface area contributed by atoms with E-state index in [1.807, 2.05) is 0 Å². The Kier molecular flexibility index (Phi) is 4.32. The van der Waals surface area contributed by atoms with Crippen molar-refractivity contribution in [2.24, 2.45) is 0 Å². The zero-order valence-electron chi connectivity index (χ0n) is 10.8. The van der Waals surface area contributed by atoms with E-state index in [0.29, 0.717) is 5.56 Å². The molecule has 2 aromatic carbocycles. The highest BCUT2D eigenvalue weighted by atomic mass is 35.5. The van der Waals surface area contributed by atoms with Gasteiger partial charge in [0.25, 0.3) is 10.0 Å². The third-order valence-electron chi connectivity index (χ3n) is 2.76. The molecule has 0 aliphatic rings. The minimum Gasteiger partial charge on any atom is -0.398 e. The first-order valence-electron chi connectivity index (χ1n) is 5.75. The van der Waals surface area contributed by atoms with Crippen molar-refractivity contribution >= 4 is 44.6 Å². The van der Waals surface area contributed by atoms with E-state index < -0.39 is 15.8 Å². The molecule has 0 aliphatic carbocycles. The Morgan fingerprint density at radius 2 is 1.90 bits per heavy atom. The summed E-state index contributed by atoms with van der Waals surface area (Å²) in [6.07, 6.45) is 0. The summed E-state index contributed by atoms with van der Waals surface area (Å²) in [6.45, 7) is 1.58. The molecule has 0 aliphatic heterocycles. The minimum absolute atomic E-state index is 0.117. The maximum Gasteiger partial charge on any atom is 0.265 e. The van der Waals surface area contributed by atoms with Gasteiger partial charge in [-0.1, -0.05) is 35.3 Å². The van der Waals surface area contributed by atoms with Gasteiger partial charge in [-0.25, -0.2) is 12.8 Å². The molecule has 0 unspecified atom stereocenters. The van der Waals surface area contributed by atoms with Crippen molar-refractivity contribution in [2.45, 2.75) is 11.8 Å². The maximum atomic E-state index is 13.7. The lowest BCUT2D eigenvalue weighted by Gasteiger charge is -2.14. The number of nitrogens with two attached hydrogens (primary N) is 1. The van der Waals surface area contributed by atoms with Crippen LogP contribution in [0, 0.1) is 12.7 Å². The van der Waals surface area contributed by atoms with Crippen LogP contribution >= 0.6 is 23.2 Å². The van der Waals surface area contributed by atoms with Crippen molar-refractivity contribution in [3.8, 4) is 0 Å². The van der Waals surface area contributed by atoms with Crippen LogP contribution in [0.1, 0.15) is 5.56 Å². The van der Waals surface area contributed by atoms with Crippen molar-refractivity contribution in [1.29, 1.82) is 0 Å². The lowest BCUT2D eigenvalue weighted by atomic mass is 10.2. The van der Waals surface area contributed by atoms with Crippen molar-refractivity contribution < 1.29 is 12.8 Å². The maximum absolute atomic E-state index is 13.7. The number of rotatable bonds is 3. The molecular weight excluding hydrogens is 338 g/mol. The molecule has 2 aromatic rings. The topological polar surface area (TPSA) is 72.2 Å². The summed E-state index contributed by atoms with van der Waals surface area (Å²) >= 11 is 11.6. The molecule has 0 amide bonds. The fourth-order valence-electron chi connectivity index (χ4n) is 1.81. The van der Waals surface area contributed by atoms with Gasteiger partial charge in [-0.2, -0.15) is 0 Å². The molecule has 2 rings (SSSR count). The van der Waals surface area contributed by atoms with Crippen LogP contribution in [-0.2, 0) is 10.0 Å². The summed E-state index contributed by atoms with van der Waals surface area (Å²) in [6, 6.07) is 6.72. The molecule has 21 heavy (non-hydrogen) atoms. The second-order valence-electron chi connectivity index (χ2n) is 4.34. The summed E-state index contributed by atoms with van der Waals surface area (Å²) in [5.41, 5.74) is 5.82. The van der Waals surface area contributed by atoms with Gasteiger partial charge in [0, 0.05) is 5.02 Å². The summed E-state index contributed by atoms with van der Waals surface area (Å²) in [5, 5.41) is 0.0695. The van der Waals surface area contributed by atoms with E-state index in [1.165, 1.54) is 18.2 Å². The average molecular weight is 349 g/mol. The van der Waals surface area contributed by atoms with Gasteiger partial charge in [-0.15, -0.1) is 0 Å². The molecule has 3 N–H and O–H groups in total. The van der Waals surface area contributed by atoms with Crippen LogP contribution in [0.3, 0.4) is 0 Å². The smallest absolute Gasteiger partial charge is 0.265 e. The number of hydrogen-bond acceptors (Lipinski definition) is 3. The second kappa shape index (κ2) is 5.71. The predicted octanol–water partition coefficient (Wildman–Crippen LogP) is 3.82. The molecule has 0 aromatic heterocycles. The highest BCUT2D eigenvalue weighted by Crippen LogP contribution is 2.33. The van der Waals surface area contributed by atoms with E-state index in [4.69, 9.17) is 28.9 Å². The molecule has 8 heteroatoms. The lowest BCUT2D eigenvalue weighted by Crippen LogP contribution is -2.17. The molecular formula is C13H11Cl2FN2O2S. The van der Waals surface area contributed by atoms with Crippen LogP contribution in [0.15, 0.2) is 35.2 Å². The van der Waals surface area contributed by atoms with Gasteiger partial charge in [-0.05, 0) is 30.7 Å². The second-order valence-corrected chi connectivity index (χ2v) is 6.81. The molecule has 0 fully saturated rings. The summed E-state index contributed by atoms with van der Waals surface area (Å²) in [4.78, 5) is -0.337. The van der Waals surface area contributed by atoms with Gasteiger partial charge >= 0.3 is 0 Å². The zero-order chi connectivity index (χ0) is 15.8. The number of nitrogen functional groups attached to an aromatic ring is 1. The monoisotopic (exact) mass is 348 g/mol. The number of benzene rings is 2. The highest BCUT2D eigenvalue weighted by Gasteiger charge is 2.24. The number of sulfonamides is 1.